The SMILES string of the molecule is C=C(C)N1CCC[C@H]1CON. The number of hydrogen-bond acceptors (Lipinski definition) is 3. The van der Waals surface area contributed by atoms with Gasteiger partial charge in [0.1, 0.15) is 0 Å². The number of likely N-dealkylation sites (tertiary alicyclic amines) is 1. The van der Waals surface area contributed by atoms with Crippen molar-refractivity contribution in [1.29, 1.82) is 0 Å². The molecule has 0 spiro atoms. The highest BCUT2D eigenvalue weighted by atomic mass is 16.6. The summed E-state index contributed by atoms with van der Waals surface area (Å²) in [5.74, 6) is 5.01. The van der Waals surface area contributed by atoms with Gasteiger partial charge in [0.2, 0.25) is 0 Å². The Morgan fingerprint density at radius 3 is 3.09 bits per heavy atom. The number of nitrogens with zero attached hydrogens (tertiary/aromatic N) is 1. The molecule has 0 aromatic carbocycles. The Hall–Kier alpha value is -0.540. The van der Waals surface area contributed by atoms with E-state index in [1.807, 2.05) is 6.92 Å². The van der Waals surface area contributed by atoms with Gasteiger partial charge in [-0.25, -0.2) is 5.90 Å². The zero-order chi connectivity index (χ0) is 8.27. The minimum Gasteiger partial charge on any atom is -0.370 e. The lowest BCUT2D eigenvalue weighted by Gasteiger charge is -2.25. The predicted octanol–water partition coefficient (Wildman–Crippen LogP) is 0.875. The van der Waals surface area contributed by atoms with Crippen LogP contribution < -0.4 is 5.90 Å². The molecule has 0 radical (unpaired) electrons. The largest absolute Gasteiger partial charge is 0.370 e. The van der Waals surface area contributed by atoms with Gasteiger partial charge in [0.15, 0.2) is 0 Å². The molecule has 1 fully saturated rings. The Balaban J connectivity index is 2.44. The van der Waals surface area contributed by atoms with Crippen LogP contribution in [-0.2, 0) is 4.84 Å². The number of rotatable bonds is 3. The van der Waals surface area contributed by atoms with Crippen molar-refractivity contribution in [2.75, 3.05) is 13.2 Å². The van der Waals surface area contributed by atoms with E-state index in [2.05, 4.69) is 16.3 Å². The van der Waals surface area contributed by atoms with Crippen LogP contribution in [0.4, 0.5) is 0 Å². The van der Waals surface area contributed by atoms with Gasteiger partial charge in [-0.1, -0.05) is 6.58 Å². The molecule has 1 heterocycles. The average Bonchev–Trinajstić information content (AvgIpc) is 2.36. The molecule has 64 valence electrons. The molecule has 0 saturated carbocycles. The Morgan fingerprint density at radius 1 is 1.82 bits per heavy atom. The molecule has 0 aliphatic carbocycles. The fraction of sp³-hybridized carbons (Fsp3) is 0.750. The van der Waals surface area contributed by atoms with Crippen molar-refractivity contribution in [3.63, 3.8) is 0 Å². The Labute approximate surface area is 67.8 Å². The lowest BCUT2D eigenvalue weighted by molar-refractivity contribution is 0.0894. The van der Waals surface area contributed by atoms with E-state index in [4.69, 9.17) is 5.90 Å². The van der Waals surface area contributed by atoms with Gasteiger partial charge in [0.25, 0.3) is 0 Å². The second kappa shape index (κ2) is 3.74. The summed E-state index contributed by atoms with van der Waals surface area (Å²) in [4.78, 5) is 6.88. The van der Waals surface area contributed by atoms with Crippen molar-refractivity contribution in [2.24, 2.45) is 5.90 Å². The molecule has 1 saturated heterocycles. The molecule has 0 bridgehead atoms. The van der Waals surface area contributed by atoms with Gasteiger partial charge in [-0.3, -0.25) is 0 Å². The smallest absolute Gasteiger partial charge is 0.0882 e. The van der Waals surface area contributed by atoms with Crippen LogP contribution in [0.15, 0.2) is 12.3 Å². The Kier molecular flexibility index (Phi) is 2.91. The Bertz CT molecular complexity index is 147. The number of allylic oxidation sites excluding steroid dienone is 1. The quantitative estimate of drug-likeness (QED) is 0.616. The summed E-state index contributed by atoms with van der Waals surface area (Å²) in [6, 6.07) is 0.456. The summed E-state index contributed by atoms with van der Waals surface area (Å²) >= 11 is 0. The van der Waals surface area contributed by atoms with Gasteiger partial charge >= 0.3 is 0 Å². The van der Waals surface area contributed by atoms with Crippen molar-refractivity contribution in [1.82, 2.24) is 4.90 Å². The summed E-state index contributed by atoms with van der Waals surface area (Å²) < 4.78 is 0. The first kappa shape index (κ1) is 8.56. The molecule has 1 atom stereocenters. The lowest BCUT2D eigenvalue weighted by Crippen LogP contribution is -2.32. The van der Waals surface area contributed by atoms with Crippen LogP contribution in [0.5, 0.6) is 0 Å². The monoisotopic (exact) mass is 156 g/mol. The van der Waals surface area contributed by atoms with Crippen LogP contribution in [0.3, 0.4) is 0 Å². The molecule has 1 aliphatic heterocycles. The maximum atomic E-state index is 5.01. The highest BCUT2D eigenvalue weighted by Gasteiger charge is 2.23. The van der Waals surface area contributed by atoms with Crippen molar-refractivity contribution < 1.29 is 4.84 Å². The molecule has 0 aromatic rings. The van der Waals surface area contributed by atoms with Crippen LogP contribution in [0, 0.1) is 0 Å². The van der Waals surface area contributed by atoms with Crippen LogP contribution in [0.25, 0.3) is 0 Å². The average molecular weight is 156 g/mol. The number of hydrogen-bond donors (Lipinski definition) is 1. The van der Waals surface area contributed by atoms with Crippen molar-refractivity contribution in [3.05, 3.63) is 12.3 Å². The lowest BCUT2D eigenvalue weighted by atomic mass is 10.2. The van der Waals surface area contributed by atoms with E-state index in [-0.39, 0.29) is 0 Å². The van der Waals surface area contributed by atoms with E-state index in [9.17, 15) is 0 Å². The molecular weight excluding hydrogens is 140 g/mol. The van der Waals surface area contributed by atoms with Crippen LogP contribution in [0.1, 0.15) is 19.8 Å². The van der Waals surface area contributed by atoms with Crippen LogP contribution in [-0.4, -0.2) is 24.1 Å². The first-order valence-electron chi connectivity index (χ1n) is 3.99. The van der Waals surface area contributed by atoms with E-state index >= 15 is 0 Å². The molecule has 0 aromatic heterocycles. The Morgan fingerprint density at radius 2 is 2.55 bits per heavy atom. The minimum atomic E-state index is 0.456. The zero-order valence-corrected chi connectivity index (χ0v) is 7.05. The summed E-state index contributed by atoms with van der Waals surface area (Å²) in [5.41, 5.74) is 1.12. The van der Waals surface area contributed by atoms with Gasteiger partial charge < -0.3 is 9.74 Å². The molecular formula is C8H16N2O. The summed E-state index contributed by atoms with van der Waals surface area (Å²) in [6.07, 6.45) is 2.39. The fourth-order valence-electron chi connectivity index (χ4n) is 1.62. The molecule has 0 amide bonds. The van der Waals surface area contributed by atoms with E-state index in [0.29, 0.717) is 12.6 Å². The highest BCUT2D eigenvalue weighted by Crippen LogP contribution is 2.20. The molecule has 1 aliphatic rings. The molecule has 0 unspecified atom stereocenters. The van der Waals surface area contributed by atoms with E-state index in [0.717, 1.165) is 12.2 Å². The molecule has 3 nitrogen and oxygen atoms in total. The summed E-state index contributed by atoms with van der Waals surface area (Å²) in [6.45, 7) is 7.64. The van der Waals surface area contributed by atoms with Crippen molar-refractivity contribution in [2.45, 2.75) is 25.8 Å². The molecule has 11 heavy (non-hydrogen) atoms. The third-order valence-electron chi connectivity index (χ3n) is 2.16. The summed E-state index contributed by atoms with van der Waals surface area (Å²) in [7, 11) is 0. The van der Waals surface area contributed by atoms with Gasteiger partial charge in [-0.05, 0) is 19.8 Å². The van der Waals surface area contributed by atoms with E-state index < -0.39 is 0 Å². The zero-order valence-electron chi connectivity index (χ0n) is 7.05. The highest BCUT2D eigenvalue weighted by molar-refractivity contribution is 4.96. The standard InChI is InChI=1S/C8H16N2O/c1-7(2)10-5-3-4-8(10)6-11-9/h8H,1,3-6,9H2,2H3/t8-/m0/s1. The normalized spacial score (nSPS) is 24.2. The molecule has 2 N–H and O–H groups in total. The predicted molar refractivity (Wildman–Crippen MR) is 44.7 cm³/mol. The van der Waals surface area contributed by atoms with Crippen LogP contribution in [0.2, 0.25) is 0 Å². The van der Waals surface area contributed by atoms with Crippen LogP contribution >= 0.6 is 0 Å². The second-order valence-electron chi connectivity index (χ2n) is 3.06. The minimum absolute atomic E-state index is 0.456. The second-order valence-corrected chi connectivity index (χ2v) is 3.06. The number of nitrogens with two attached hydrogens (primary N) is 1. The first-order chi connectivity index (χ1) is 5.25. The summed E-state index contributed by atoms with van der Waals surface area (Å²) in [5, 5.41) is 0. The fourth-order valence-corrected chi connectivity index (χ4v) is 1.62. The van der Waals surface area contributed by atoms with Gasteiger partial charge in [0, 0.05) is 12.2 Å². The van der Waals surface area contributed by atoms with Gasteiger partial charge in [-0.2, -0.15) is 0 Å². The maximum Gasteiger partial charge on any atom is 0.0882 e. The molecule has 1 rings (SSSR count). The van der Waals surface area contributed by atoms with Gasteiger partial charge in [-0.15, -0.1) is 0 Å². The van der Waals surface area contributed by atoms with E-state index in [1.165, 1.54) is 12.8 Å². The van der Waals surface area contributed by atoms with Crippen molar-refractivity contribution in [3.8, 4) is 0 Å². The maximum absolute atomic E-state index is 5.01. The first-order valence-corrected chi connectivity index (χ1v) is 3.99. The van der Waals surface area contributed by atoms with E-state index in [1.54, 1.807) is 0 Å². The third-order valence-corrected chi connectivity index (χ3v) is 2.16. The third kappa shape index (κ3) is 1.94. The van der Waals surface area contributed by atoms with Gasteiger partial charge in [0.05, 0.1) is 12.6 Å². The van der Waals surface area contributed by atoms with Crippen molar-refractivity contribution >= 4 is 0 Å². The topological polar surface area (TPSA) is 38.5 Å². The molecule has 3 heteroatoms.